The molecule has 1 aromatic carbocycles. The van der Waals surface area contributed by atoms with Gasteiger partial charge in [-0.3, -0.25) is 4.79 Å². The highest BCUT2D eigenvalue weighted by atomic mass is 16.4. The monoisotopic (exact) mass is 227 g/mol. The maximum Gasteiger partial charge on any atom is 0.307 e. The minimum absolute atomic E-state index is 0.0576. The number of nitrogens with zero attached hydrogens (tertiary/aromatic N) is 3. The molecule has 2 aromatic rings. The minimum Gasteiger partial charge on any atom is -0.481 e. The third kappa shape index (κ3) is 2.49. The topological polar surface area (TPSA) is 78.9 Å². The molecule has 0 amide bonds. The van der Waals surface area contributed by atoms with Gasteiger partial charge < -0.3 is 5.11 Å². The molecule has 1 N–H and O–H groups in total. The SMILES string of the molecule is N#Cc1cccc(-n2cc(CC(=O)O)cn2)c1. The first-order chi connectivity index (χ1) is 8.19. The Morgan fingerprint density at radius 1 is 1.53 bits per heavy atom. The summed E-state index contributed by atoms with van der Waals surface area (Å²) in [6.45, 7) is 0. The van der Waals surface area contributed by atoms with Crippen molar-refractivity contribution in [2.45, 2.75) is 6.42 Å². The van der Waals surface area contributed by atoms with Crippen LogP contribution in [0.2, 0.25) is 0 Å². The summed E-state index contributed by atoms with van der Waals surface area (Å²) < 4.78 is 1.55. The lowest BCUT2D eigenvalue weighted by Crippen LogP contribution is -1.99. The third-order valence-electron chi connectivity index (χ3n) is 2.23. The lowest BCUT2D eigenvalue weighted by molar-refractivity contribution is -0.136. The van der Waals surface area contributed by atoms with Crippen molar-refractivity contribution >= 4 is 5.97 Å². The van der Waals surface area contributed by atoms with E-state index >= 15 is 0 Å². The molecule has 1 aromatic heterocycles. The van der Waals surface area contributed by atoms with Gasteiger partial charge in [0.1, 0.15) is 0 Å². The fourth-order valence-electron chi connectivity index (χ4n) is 1.49. The van der Waals surface area contributed by atoms with Crippen LogP contribution in [0.1, 0.15) is 11.1 Å². The zero-order valence-corrected chi connectivity index (χ0v) is 8.87. The molecule has 1 heterocycles. The van der Waals surface area contributed by atoms with Gasteiger partial charge in [0.15, 0.2) is 0 Å². The van der Waals surface area contributed by atoms with E-state index in [4.69, 9.17) is 10.4 Å². The van der Waals surface area contributed by atoms with E-state index < -0.39 is 5.97 Å². The summed E-state index contributed by atoms with van der Waals surface area (Å²) in [6.07, 6.45) is 3.09. The summed E-state index contributed by atoms with van der Waals surface area (Å²) in [4.78, 5) is 10.5. The maximum atomic E-state index is 10.5. The predicted octanol–water partition coefficient (Wildman–Crippen LogP) is 1.37. The molecule has 17 heavy (non-hydrogen) atoms. The average Bonchev–Trinajstić information content (AvgIpc) is 2.77. The van der Waals surface area contributed by atoms with Crippen LogP contribution in [0, 0.1) is 11.3 Å². The smallest absolute Gasteiger partial charge is 0.307 e. The van der Waals surface area contributed by atoms with E-state index in [1.54, 1.807) is 35.1 Å². The van der Waals surface area contributed by atoms with Gasteiger partial charge in [-0.25, -0.2) is 4.68 Å². The molecule has 5 nitrogen and oxygen atoms in total. The molecule has 84 valence electrons. The highest BCUT2D eigenvalue weighted by Gasteiger charge is 2.05. The number of rotatable bonds is 3. The van der Waals surface area contributed by atoms with E-state index in [9.17, 15) is 4.79 Å². The molecule has 0 atom stereocenters. The standard InChI is InChI=1S/C12H9N3O2/c13-6-9-2-1-3-11(4-9)15-8-10(7-14-15)5-12(16)17/h1-4,7-8H,5H2,(H,16,17). The molecule has 0 aliphatic rings. The number of carbonyl (C=O) groups is 1. The zero-order chi connectivity index (χ0) is 12.3. The zero-order valence-electron chi connectivity index (χ0n) is 8.87. The first-order valence-electron chi connectivity index (χ1n) is 4.95. The van der Waals surface area contributed by atoms with Crippen molar-refractivity contribution in [3.63, 3.8) is 0 Å². The van der Waals surface area contributed by atoms with Crippen molar-refractivity contribution in [3.8, 4) is 11.8 Å². The Labute approximate surface area is 97.5 Å². The molecular formula is C12H9N3O2. The molecule has 0 unspecified atom stereocenters. The van der Waals surface area contributed by atoms with Crippen LogP contribution in [0.15, 0.2) is 36.7 Å². The van der Waals surface area contributed by atoms with Crippen LogP contribution in [0.25, 0.3) is 5.69 Å². The fraction of sp³-hybridized carbons (Fsp3) is 0.0833. The molecule has 5 heteroatoms. The number of carboxylic acids is 1. The van der Waals surface area contributed by atoms with Crippen molar-refractivity contribution < 1.29 is 9.90 Å². The normalized spacial score (nSPS) is 9.82. The van der Waals surface area contributed by atoms with Gasteiger partial charge in [-0.1, -0.05) is 6.07 Å². The van der Waals surface area contributed by atoms with E-state index in [2.05, 4.69) is 5.10 Å². The summed E-state index contributed by atoms with van der Waals surface area (Å²) >= 11 is 0. The van der Waals surface area contributed by atoms with Crippen molar-refractivity contribution in [2.24, 2.45) is 0 Å². The van der Waals surface area contributed by atoms with Gasteiger partial charge in [0.05, 0.1) is 29.9 Å². The van der Waals surface area contributed by atoms with Crippen LogP contribution in [0.4, 0.5) is 0 Å². The molecule has 2 rings (SSSR count). The van der Waals surface area contributed by atoms with Crippen LogP contribution in [0.3, 0.4) is 0 Å². The van der Waals surface area contributed by atoms with Crippen LogP contribution >= 0.6 is 0 Å². The Hall–Kier alpha value is -2.61. The average molecular weight is 227 g/mol. The number of carboxylic acid groups (broad SMARTS) is 1. The van der Waals surface area contributed by atoms with Gasteiger partial charge >= 0.3 is 5.97 Å². The summed E-state index contributed by atoms with van der Waals surface area (Å²) in [5.74, 6) is -0.893. The molecule has 0 saturated heterocycles. The Bertz CT molecular complexity index is 596. The van der Waals surface area contributed by atoms with Gasteiger partial charge in [0.2, 0.25) is 0 Å². The second kappa shape index (κ2) is 4.49. The number of aromatic nitrogens is 2. The van der Waals surface area contributed by atoms with Crippen LogP contribution < -0.4 is 0 Å². The van der Waals surface area contributed by atoms with Crippen molar-refractivity contribution in [1.29, 1.82) is 5.26 Å². The number of aliphatic carboxylic acids is 1. The van der Waals surface area contributed by atoms with Gasteiger partial charge in [-0.15, -0.1) is 0 Å². The summed E-state index contributed by atoms with van der Waals surface area (Å²) in [5, 5.41) is 21.5. The van der Waals surface area contributed by atoms with Crippen LogP contribution in [-0.4, -0.2) is 20.9 Å². The Balaban J connectivity index is 2.30. The number of hydrogen-bond donors (Lipinski definition) is 1. The molecule has 0 aliphatic carbocycles. The van der Waals surface area contributed by atoms with Gasteiger partial charge in [-0.2, -0.15) is 10.4 Å². The third-order valence-corrected chi connectivity index (χ3v) is 2.23. The molecule has 0 saturated carbocycles. The van der Waals surface area contributed by atoms with Crippen LogP contribution in [-0.2, 0) is 11.2 Å². The predicted molar refractivity (Wildman–Crippen MR) is 59.6 cm³/mol. The van der Waals surface area contributed by atoms with E-state index in [1.807, 2.05) is 6.07 Å². The highest BCUT2D eigenvalue weighted by molar-refractivity contribution is 5.69. The van der Waals surface area contributed by atoms with Crippen LogP contribution in [0.5, 0.6) is 0 Å². The summed E-state index contributed by atoms with van der Waals surface area (Å²) in [5.41, 5.74) is 1.90. The first kappa shape index (κ1) is 10.9. The number of benzene rings is 1. The fourth-order valence-corrected chi connectivity index (χ4v) is 1.49. The largest absolute Gasteiger partial charge is 0.481 e. The minimum atomic E-state index is -0.893. The van der Waals surface area contributed by atoms with Gasteiger partial charge in [-0.05, 0) is 18.2 Å². The molecule has 0 radical (unpaired) electrons. The van der Waals surface area contributed by atoms with Crippen molar-refractivity contribution in [3.05, 3.63) is 47.8 Å². The number of nitriles is 1. The van der Waals surface area contributed by atoms with E-state index in [-0.39, 0.29) is 6.42 Å². The second-order valence-corrected chi connectivity index (χ2v) is 3.53. The Kier molecular flexibility index (Phi) is 2.88. The molecule has 0 fully saturated rings. The number of hydrogen-bond acceptors (Lipinski definition) is 3. The quantitative estimate of drug-likeness (QED) is 0.858. The Morgan fingerprint density at radius 2 is 2.35 bits per heavy atom. The molecular weight excluding hydrogens is 218 g/mol. The van der Waals surface area contributed by atoms with Crippen molar-refractivity contribution in [1.82, 2.24) is 9.78 Å². The van der Waals surface area contributed by atoms with Gasteiger partial charge in [0.25, 0.3) is 0 Å². The Morgan fingerprint density at radius 3 is 3.06 bits per heavy atom. The molecule has 0 bridgehead atoms. The lowest BCUT2D eigenvalue weighted by Gasteiger charge is -2.00. The summed E-state index contributed by atoms with van der Waals surface area (Å²) in [7, 11) is 0. The van der Waals surface area contributed by atoms with E-state index in [0.29, 0.717) is 11.1 Å². The maximum absolute atomic E-state index is 10.5. The van der Waals surface area contributed by atoms with E-state index in [1.165, 1.54) is 6.20 Å². The second-order valence-electron chi connectivity index (χ2n) is 3.53. The molecule has 0 spiro atoms. The first-order valence-corrected chi connectivity index (χ1v) is 4.95. The molecule has 0 aliphatic heterocycles. The summed E-state index contributed by atoms with van der Waals surface area (Å²) in [6, 6.07) is 8.99. The van der Waals surface area contributed by atoms with Gasteiger partial charge in [0, 0.05) is 11.8 Å². The van der Waals surface area contributed by atoms with Crippen molar-refractivity contribution in [2.75, 3.05) is 0 Å². The highest BCUT2D eigenvalue weighted by Crippen LogP contribution is 2.10. The van der Waals surface area contributed by atoms with E-state index in [0.717, 1.165) is 5.69 Å². The lowest BCUT2D eigenvalue weighted by atomic mass is 10.2.